The maximum atomic E-state index is 12.7. The summed E-state index contributed by atoms with van der Waals surface area (Å²) in [6.45, 7) is 10.7. The molecule has 0 saturated carbocycles. The zero-order valence-electron chi connectivity index (χ0n) is 15.6. The summed E-state index contributed by atoms with van der Waals surface area (Å²) in [5, 5.41) is 0. The van der Waals surface area contributed by atoms with Gasteiger partial charge in [-0.2, -0.15) is 0 Å². The average Bonchev–Trinajstić information content (AvgIpc) is 2.56. The Morgan fingerprint density at radius 3 is 2.54 bits per heavy atom. The van der Waals surface area contributed by atoms with E-state index in [2.05, 4.69) is 36.8 Å². The first kappa shape index (κ1) is 18.9. The molecule has 1 aromatic carbocycles. The lowest BCUT2D eigenvalue weighted by Gasteiger charge is -2.32. The van der Waals surface area contributed by atoms with Crippen LogP contribution >= 0.6 is 0 Å². The molecule has 1 saturated heterocycles. The Labute approximate surface area is 146 Å². The highest BCUT2D eigenvalue weighted by Gasteiger charge is 2.22. The van der Waals surface area contributed by atoms with Crippen LogP contribution in [0.5, 0.6) is 0 Å². The second-order valence-electron chi connectivity index (χ2n) is 7.81. The molecule has 0 bridgehead atoms. The molecule has 1 heterocycles. The Bertz CT molecular complexity index is 550. The average molecular weight is 332 g/mol. The summed E-state index contributed by atoms with van der Waals surface area (Å²) in [5.41, 5.74) is 7.68. The molecule has 5 heteroatoms. The number of rotatable bonds is 6. The molecule has 0 atom stereocenters. The minimum Gasteiger partial charge on any atom is -0.341 e. The van der Waals surface area contributed by atoms with Gasteiger partial charge in [0.2, 0.25) is 0 Å². The lowest BCUT2D eigenvalue weighted by molar-refractivity contribution is 0.0740. The number of benzene rings is 1. The van der Waals surface area contributed by atoms with Gasteiger partial charge in [-0.25, -0.2) is 0 Å². The molecule has 0 spiro atoms. The maximum Gasteiger partial charge on any atom is 0.253 e. The Morgan fingerprint density at radius 1 is 1.25 bits per heavy atom. The molecule has 0 aliphatic carbocycles. The summed E-state index contributed by atoms with van der Waals surface area (Å²) in [6.07, 6.45) is 0. The van der Waals surface area contributed by atoms with Crippen molar-refractivity contribution in [2.45, 2.75) is 20.4 Å². The van der Waals surface area contributed by atoms with Gasteiger partial charge in [-0.05, 0) is 36.7 Å². The molecule has 0 unspecified atom stereocenters. The number of piperazine rings is 1. The van der Waals surface area contributed by atoms with Gasteiger partial charge in [0.15, 0.2) is 0 Å². The molecule has 1 aromatic rings. The Hall–Kier alpha value is -1.43. The van der Waals surface area contributed by atoms with Crippen LogP contribution in [0.25, 0.3) is 0 Å². The van der Waals surface area contributed by atoms with E-state index in [1.165, 1.54) is 5.56 Å². The van der Waals surface area contributed by atoms with E-state index in [0.29, 0.717) is 13.1 Å². The maximum absolute atomic E-state index is 12.7. The predicted octanol–water partition coefficient (Wildman–Crippen LogP) is 1.49. The number of nitrogens with zero attached hydrogens (tertiary/aromatic N) is 3. The van der Waals surface area contributed by atoms with Gasteiger partial charge in [0.1, 0.15) is 0 Å². The molecule has 0 radical (unpaired) electrons. The van der Waals surface area contributed by atoms with E-state index >= 15 is 0 Å². The molecular weight excluding hydrogens is 300 g/mol. The summed E-state index contributed by atoms with van der Waals surface area (Å²) in [4.78, 5) is 19.3. The van der Waals surface area contributed by atoms with E-state index in [-0.39, 0.29) is 11.3 Å². The van der Waals surface area contributed by atoms with Gasteiger partial charge in [0.25, 0.3) is 5.91 Å². The first-order chi connectivity index (χ1) is 11.3. The fraction of sp³-hybridized carbons (Fsp3) is 0.632. The van der Waals surface area contributed by atoms with Crippen LogP contribution in [-0.2, 0) is 6.54 Å². The molecule has 134 valence electrons. The molecule has 1 aliphatic rings. The first-order valence-corrected chi connectivity index (χ1v) is 8.76. The molecule has 2 rings (SSSR count). The van der Waals surface area contributed by atoms with Crippen molar-refractivity contribution >= 4 is 5.91 Å². The van der Waals surface area contributed by atoms with Crippen LogP contribution < -0.4 is 5.73 Å². The van der Waals surface area contributed by atoms with E-state index in [1.54, 1.807) is 4.90 Å². The van der Waals surface area contributed by atoms with Crippen molar-refractivity contribution in [1.82, 2.24) is 14.7 Å². The fourth-order valence-corrected chi connectivity index (χ4v) is 3.07. The largest absolute Gasteiger partial charge is 0.341 e. The second kappa shape index (κ2) is 8.10. The van der Waals surface area contributed by atoms with Crippen molar-refractivity contribution in [2.24, 2.45) is 11.1 Å². The first-order valence-electron chi connectivity index (χ1n) is 8.76. The standard InChI is InChI=1S/C19H32N4O/c1-19(2,14-20)15-22(4)18(24)17-7-5-6-16(12-17)13-23-10-8-21(3)9-11-23/h5-7,12H,8-11,13-15,20H2,1-4H3. The lowest BCUT2D eigenvalue weighted by Crippen LogP contribution is -2.43. The number of carbonyl (C=O) groups excluding carboxylic acids is 1. The SMILES string of the molecule is CN1CCN(Cc2cccc(C(=O)N(C)CC(C)(C)CN)c2)CC1. The molecule has 5 nitrogen and oxygen atoms in total. The quantitative estimate of drug-likeness (QED) is 0.857. The van der Waals surface area contributed by atoms with Crippen molar-refractivity contribution < 1.29 is 4.79 Å². The van der Waals surface area contributed by atoms with E-state index in [0.717, 1.165) is 38.3 Å². The summed E-state index contributed by atoms with van der Waals surface area (Å²) < 4.78 is 0. The van der Waals surface area contributed by atoms with Crippen LogP contribution in [0.3, 0.4) is 0 Å². The third kappa shape index (κ3) is 5.30. The van der Waals surface area contributed by atoms with Crippen molar-refractivity contribution in [3.8, 4) is 0 Å². The molecule has 1 aliphatic heterocycles. The highest BCUT2D eigenvalue weighted by atomic mass is 16.2. The fourth-order valence-electron chi connectivity index (χ4n) is 3.07. The van der Waals surface area contributed by atoms with Crippen LogP contribution in [0.1, 0.15) is 29.8 Å². The van der Waals surface area contributed by atoms with Crippen molar-refractivity contribution in [1.29, 1.82) is 0 Å². The highest BCUT2D eigenvalue weighted by Crippen LogP contribution is 2.17. The Kier molecular flexibility index (Phi) is 6.38. The second-order valence-corrected chi connectivity index (χ2v) is 7.81. The predicted molar refractivity (Wildman–Crippen MR) is 99.0 cm³/mol. The van der Waals surface area contributed by atoms with Gasteiger partial charge in [-0.15, -0.1) is 0 Å². The number of hydrogen-bond donors (Lipinski definition) is 1. The number of likely N-dealkylation sites (N-methyl/N-ethyl adjacent to an activating group) is 1. The Balaban J connectivity index is 2.00. The minimum absolute atomic E-state index is 0.0664. The van der Waals surface area contributed by atoms with Gasteiger partial charge in [-0.3, -0.25) is 9.69 Å². The van der Waals surface area contributed by atoms with E-state index in [1.807, 2.05) is 25.2 Å². The third-order valence-corrected chi connectivity index (χ3v) is 4.74. The van der Waals surface area contributed by atoms with Gasteiger partial charge >= 0.3 is 0 Å². The van der Waals surface area contributed by atoms with Crippen LogP contribution in [0.4, 0.5) is 0 Å². The summed E-state index contributed by atoms with van der Waals surface area (Å²) in [6, 6.07) is 8.04. The molecule has 0 aromatic heterocycles. The summed E-state index contributed by atoms with van der Waals surface area (Å²) >= 11 is 0. The number of carbonyl (C=O) groups is 1. The Morgan fingerprint density at radius 2 is 1.92 bits per heavy atom. The third-order valence-electron chi connectivity index (χ3n) is 4.74. The van der Waals surface area contributed by atoms with Crippen molar-refractivity contribution in [2.75, 3.05) is 53.4 Å². The lowest BCUT2D eigenvalue weighted by atomic mass is 9.93. The van der Waals surface area contributed by atoms with E-state index in [4.69, 9.17) is 5.73 Å². The normalized spacial score (nSPS) is 17.0. The molecule has 2 N–H and O–H groups in total. The number of amides is 1. The van der Waals surface area contributed by atoms with Crippen LogP contribution in [0.2, 0.25) is 0 Å². The van der Waals surface area contributed by atoms with E-state index in [9.17, 15) is 4.79 Å². The zero-order valence-corrected chi connectivity index (χ0v) is 15.6. The van der Waals surface area contributed by atoms with Gasteiger partial charge in [0, 0.05) is 51.9 Å². The topological polar surface area (TPSA) is 52.8 Å². The van der Waals surface area contributed by atoms with Crippen LogP contribution in [-0.4, -0.2) is 74.0 Å². The highest BCUT2D eigenvalue weighted by molar-refractivity contribution is 5.94. The minimum atomic E-state index is -0.0676. The molecule has 24 heavy (non-hydrogen) atoms. The monoisotopic (exact) mass is 332 g/mol. The smallest absolute Gasteiger partial charge is 0.253 e. The molecular formula is C19H32N4O. The zero-order chi connectivity index (χ0) is 17.7. The number of hydrogen-bond acceptors (Lipinski definition) is 4. The van der Waals surface area contributed by atoms with Crippen LogP contribution in [0.15, 0.2) is 24.3 Å². The van der Waals surface area contributed by atoms with Crippen molar-refractivity contribution in [3.63, 3.8) is 0 Å². The number of nitrogens with two attached hydrogens (primary N) is 1. The molecule has 1 amide bonds. The summed E-state index contributed by atoms with van der Waals surface area (Å²) in [7, 11) is 4.02. The summed E-state index contributed by atoms with van der Waals surface area (Å²) in [5.74, 6) is 0.0664. The van der Waals surface area contributed by atoms with Gasteiger partial charge in [0.05, 0.1) is 0 Å². The van der Waals surface area contributed by atoms with Crippen LogP contribution in [0, 0.1) is 5.41 Å². The van der Waals surface area contributed by atoms with E-state index < -0.39 is 0 Å². The molecule has 1 fully saturated rings. The van der Waals surface area contributed by atoms with Crippen molar-refractivity contribution in [3.05, 3.63) is 35.4 Å². The van der Waals surface area contributed by atoms with Gasteiger partial charge < -0.3 is 15.5 Å². The van der Waals surface area contributed by atoms with Gasteiger partial charge in [-0.1, -0.05) is 26.0 Å².